The maximum absolute atomic E-state index is 14.1. The number of nitrogens with zero attached hydrogens (tertiary/aromatic N) is 6. The predicted molar refractivity (Wildman–Crippen MR) is 182 cm³/mol. The third kappa shape index (κ3) is 8.26. The van der Waals surface area contributed by atoms with Crippen LogP contribution in [0.4, 0.5) is 22.4 Å². The van der Waals surface area contributed by atoms with Gasteiger partial charge in [0.15, 0.2) is 11.3 Å². The molecule has 1 aromatic carbocycles. The number of fused-ring (bicyclic) bond motifs is 1. The first-order valence-corrected chi connectivity index (χ1v) is 16.8. The highest BCUT2D eigenvalue weighted by molar-refractivity contribution is 6.14. The molecule has 51 heavy (non-hydrogen) atoms. The fraction of sp³-hybridized carbons (Fsp3) is 0.417. The molecule has 2 aliphatic heterocycles. The normalized spacial score (nSPS) is 20.1. The number of alkyl halides is 3. The standard InChI is InChI=1S/C36H40F4N8O3/c1-22-30(25-17-28-33(36(38,39)40)46-47(2)34(28)43-19-25)42-14-12-27(23-9-5-4-6-10-23)31(22)45-35(49)44-20-26-21-48(15-7-8-16-50-3)51-32(26)24-11-13-41-29(37)18-24/h4-6,9-11,13,17-19,26-27,32H,7-8,12,14-16,20-21H2,1-3H3,(H2,44,45,49)/t26-,27?,32?/m1/s1. The maximum atomic E-state index is 14.1. The zero-order valence-electron chi connectivity index (χ0n) is 28.6. The molecule has 1 saturated heterocycles. The van der Waals surface area contributed by atoms with Crippen LogP contribution in [0.3, 0.4) is 0 Å². The Labute approximate surface area is 292 Å². The molecule has 5 heterocycles. The highest BCUT2D eigenvalue weighted by Gasteiger charge is 2.38. The number of rotatable bonds is 11. The molecule has 15 heteroatoms. The molecule has 11 nitrogen and oxygen atoms in total. The number of pyridine rings is 2. The van der Waals surface area contributed by atoms with Crippen molar-refractivity contribution in [3.63, 3.8) is 0 Å². The van der Waals surface area contributed by atoms with Crippen LogP contribution in [0.25, 0.3) is 11.0 Å². The van der Waals surface area contributed by atoms with Crippen molar-refractivity contribution in [2.75, 3.05) is 39.9 Å². The Balaban J connectivity index is 1.26. The van der Waals surface area contributed by atoms with Gasteiger partial charge in [0, 0.05) is 82.4 Å². The van der Waals surface area contributed by atoms with E-state index in [4.69, 9.17) is 14.6 Å². The van der Waals surface area contributed by atoms with Crippen LogP contribution in [0.1, 0.15) is 60.6 Å². The molecule has 6 rings (SSSR count). The van der Waals surface area contributed by atoms with Gasteiger partial charge in [-0.1, -0.05) is 30.3 Å². The van der Waals surface area contributed by atoms with E-state index in [2.05, 4.69) is 25.7 Å². The summed E-state index contributed by atoms with van der Waals surface area (Å²) in [4.78, 5) is 32.7. The van der Waals surface area contributed by atoms with Gasteiger partial charge in [0.2, 0.25) is 5.95 Å². The van der Waals surface area contributed by atoms with E-state index < -0.39 is 30.0 Å². The molecule has 2 amide bonds. The summed E-state index contributed by atoms with van der Waals surface area (Å²) in [5.74, 6) is -1.08. The number of carbonyl (C=O) groups excluding carboxylic acids is 1. The number of benzene rings is 1. The lowest BCUT2D eigenvalue weighted by atomic mass is 9.89. The van der Waals surface area contributed by atoms with Crippen LogP contribution >= 0.6 is 0 Å². The maximum Gasteiger partial charge on any atom is 0.435 e. The zero-order valence-corrected chi connectivity index (χ0v) is 28.6. The second-order valence-corrected chi connectivity index (χ2v) is 12.7. The zero-order chi connectivity index (χ0) is 36.1. The number of aliphatic imine (C=N–C) groups is 1. The average molecular weight is 709 g/mol. The fourth-order valence-electron chi connectivity index (χ4n) is 6.76. The van der Waals surface area contributed by atoms with Gasteiger partial charge >= 0.3 is 12.2 Å². The Hall–Kier alpha value is -4.73. The number of hydrogen-bond donors (Lipinski definition) is 2. The van der Waals surface area contributed by atoms with E-state index in [1.54, 1.807) is 20.1 Å². The van der Waals surface area contributed by atoms with Crippen LogP contribution < -0.4 is 10.6 Å². The average Bonchev–Trinajstić information content (AvgIpc) is 3.64. The van der Waals surface area contributed by atoms with Crippen molar-refractivity contribution in [1.29, 1.82) is 0 Å². The van der Waals surface area contributed by atoms with Crippen molar-refractivity contribution in [1.82, 2.24) is 35.4 Å². The minimum absolute atomic E-state index is 0.0964. The van der Waals surface area contributed by atoms with Crippen LogP contribution in [-0.2, 0) is 22.8 Å². The Bertz CT molecular complexity index is 1910. The number of hydroxylamine groups is 2. The monoisotopic (exact) mass is 708 g/mol. The second kappa shape index (κ2) is 15.7. The first-order chi connectivity index (χ1) is 24.5. The Morgan fingerprint density at radius 1 is 1.10 bits per heavy atom. The molecule has 0 spiro atoms. The summed E-state index contributed by atoms with van der Waals surface area (Å²) in [7, 11) is 3.07. The molecule has 2 N–H and O–H groups in total. The summed E-state index contributed by atoms with van der Waals surface area (Å²) in [6, 6.07) is 13.7. The lowest BCUT2D eigenvalue weighted by Gasteiger charge is -2.23. The van der Waals surface area contributed by atoms with Gasteiger partial charge < -0.3 is 15.4 Å². The third-order valence-corrected chi connectivity index (χ3v) is 9.20. The van der Waals surface area contributed by atoms with Crippen molar-refractivity contribution in [2.24, 2.45) is 18.0 Å². The van der Waals surface area contributed by atoms with Crippen LogP contribution in [0.5, 0.6) is 0 Å². The number of halogens is 4. The van der Waals surface area contributed by atoms with Gasteiger partial charge in [-0.3, -0.25) is 9.83 Å². The van der Waals surface area contributed by atoms with E-state index in [0.29, 0.717) is 60.8 Å². The molecule has 0 saturated carbocycles. The summed E-state index contributed by atoms with van der Waals surface area (Å²) in [5.41, 5.74) is 2.64. The van der Waals surface area contributed by atoms with Crippen molar-refractivity contribution in [3.05, 3.63) is 101 Å². The molecule has 3 aromatic heterocycles. The molecular formula is C36H40F4N8O3. The van der Waals surface area contributed by atoms with Crippen LogP contribution in [-0.4, -0.2) is 76.5 Å². The molecule has 0 aliphatic carbocycles. The Kier molecular flexibility index (Phi) is 11.1. The molecule has 0 radical (unpaired) electrons. The summed E-state index contributed by atoms with van der Waals surface area (Å²) < 4.78 is 62.0. The number of hydrogen-bond acceptors (Lipinski definition) is 8. The third-order valence-electron chi connectivity index (χ3n) is 9.20. The number of carbonyl (C=O) groups is 1. The summed E-state index contributed by atoms with van der Waals surface area (Å²) in [5, 5.41) is 11.4. The van der Waals surface area contributed by atoms with Gasteiger partial charge in [0.1, 0.15) is 6.10 Å². The van der Waals surface area contributed by atoms with Crippen LogP contribution in [0, 0.1) is 11.9 Å². The van der Waals surface area contributed by atoms with Crippen molar-refractivity contribution in [3.8, 4) is 0 Å². The lowest BCUT2D eigenvalue weighted by Crippen LogP contribution is -2.40. The smallest absolute Gasteiger partial charge is 0.385 e. The second-order valence-electron chi connectivity index (χ2n) is 12.7. The van der Waals surface area contributed by atoms with Crippen LogP contribution in [0.15, 0.2) is 77.2 Å². The van der Waals surface area contributed by atoms with Crippen molar-refractivity contribution in [2.45, 2.75) is 44.4 Å². The number of urea groups is 1. The highest BCUT2D eigenvalue weighted by atomic mass is 19.4. The van der Waals surface area contributed by atoms with Crippen LogP contribution in [0.2, 0.25) is 0 Å². The summed E-state index contributed by atoms with van der Waals surface area (Å²) >= 11 is 0. The van der Waals surface area contributed by atoms with Gasteiger partial charge in [-0.05, 0) is 61.1 Å². The van der Waals surface area contributed by atoms with Crippen molar-refractivity contribution >= 4 is 22.8 Å². The largest absolute Gasteiger partial charge is 0.435 e. The molecule has 0 bridgehead atoms. The quantitative estimate of drug-likeness (QED) is 0.110. The van der Waals surface area contributed by atoms with Crippen molar-refractivity contribution < 1.29 is 31.9 Å². The van der Waals surface area contributed by atoms with E-state index in [1.807, 2.05) is 35.4 Å². The topological polar surface area (TPSA) is 119 Å². The predicted octanol–water partition coefficient (Wildman–Crippen LogP) is 6.10. The SMILES string of the molecule is COCCCCN1C[C@@H](CNC(=O)NC2=C(C)C(c3cnc4c(c3)c(C(F)(F)F)nn4C)=NCCC2c2ccccc2)C(c2ccnc(F)c2)O1. The first-order valence-electron chi connectivity index (χ1n) is 16.8. The van der Waals surface area contributed by atoms with E-state index in [9.17, 15) is 22.4 Å². The molecule has 3 atom stereocenters. The number of amides is 2. The number of aryl methyl sites for hydroxylation is 1. The first kappa shape index (κ1) is 36.1. The number of aromatic nitrogens is 4. The number of ether oxygens (including phenoxy) is 1. The molecular weight excluding hydrogens is 668 g/mol. The van der Waals surface area contributed by atoms with Gasteiger partial charge in [0.25, 0.3) is 0 Å². The number of methoxy groups -OCH3 is 1. The van der Waals surface area contributed by atoms with E-state index in [1.165, 1.54) is 31.6 Å². The van der Waals surface area contributed by atoms with Gasteiger partial charge in [0.05, 0.1) is 11.1 Å². The minimum atomic E-state index is -4.67. The number of nitrogens with one attached hydrogen (secondary N) is 2. The lowest BCUT2D eigenvalue weighted by molar-refractivity contribution is -0.149. The van der Waals surface area contributed by atoms with Gasteiger partial charge in [-0.25, -0.2) is 19.4 Å². The molecule has 4 aromatic rings. The molecule has 270 valence electrons. The molecule has 2 aliphatic rings. The highest BCUT2D eigenvalue weighted by Crippen LogP contribution is 2.37. The minimum Gasteiger partial charge on any atom is -0.385 e. The van der Waals surface area contributed by atoms with Gasteiger partial charge in [-0.15, -0.1) is 0 Å². The summed E-state index contributed by atoms with van der Waals surface area (Å²) in [6.45, 7) is 4.17. The number of allylic oxidation sites excluding steroid dienone is 2. The summed E-state index contributed by atoms with van der Waals surface area (Å²) in [6.07, 6.45) is -0.0653. The van der Waals surface area contributed by atoms with E-state index in [0.717, 1.165) is 23.1 Å². The number of unbranched alkanes of at least 4 members (excludes halogenated alkanes) is 1. The van der Waals surface area contributed by atoms with Gasteiger partial charge in [-0.2, -0.15) is 27.7 Å². The van der Waals surface area contributed by atoms with E-state index in [-0.39, 0.29) is 29.4 Å². The van der Waals surface area contributed by atoms with E-state index >= 15 is 0 Å². The Morgan fingerprint density at radius 2 is 1.90 bits per heavy atom. The molecule has 2 unspecified atom stereocenters. The fourth-order valence-corrected chi connectivity index (χ4v) is 6.76. The Morgan fingerprint density at radius 3 is 2.65 bits per heavy atom. The molecule has 1 fully saturated rings.